The first kappa shape index (κ1) is 31.5. The minimum atomic E-state index is -0.583. The highest BCUT2D eigenvalue weighted by Gasteiger charge is 2.42. The standard InChI is InChI=1S/C33H36N6O5S/c1-19-16-23(20(2)37(19)26-14-12-22(39(41)42)18-28(26)44-7)30-29(25-10-8-9-15-34-25)36-32(45)38(30)21-11-13-24(27(17-21)43-6)35-31(40)33(3,4)5/h8-18,29-30H,1-7H3,(H,35,40)(H,36,45). The van der Waals surface area contributed by atoms with Crippen molar-refractivity contribution < 1.29 is 19.2 Å². The van der Waals surface area contributed by atoms with Crippen LogP contribution < -0.4 is 25.0 Å². The van der Waals surface area contributed by atoms with E-state index in [9.17, 15) is 14.9 Å². The van der Waals surface area contributed by atoms with Crippen molar-refractivity contribution in [1.29, 1.82) is 0 Å². The summed E-state index contributed by atoms with van der Waals surface area (Å²) in [5.74, 6) is 0.747. The van der Waals surface area contributed by atoms with Crippen molar-refractivity contribution in [2.75, 3.05) is 24.4 Å². The summed E-state index contributed by atoms with van der Waals surface area (Å²) in [5.41, 5.74) is 4.96. The quantitative estimate of drug-likeness (QED) is 0.127. The number of nitrogens with one attached hydrogen (secondary N) is 2. The Kier molecular flexibility index (Phi) is 8.53. The molecule has 2 N–H and O–H groups in total. The molecule has 1 aliphatic rings. The predicted molar refractivity (Wildman–Crippen MR) is 177 cm³/mol. The Bertz CT molecular complexity index is 1780. The van der Waals surface area contributed by atoms with Gasteiger partial charge in [-0.15, -0.1) is 0 Å². The third-order valence-corrected chi connectivity index (χ3v) is 8.21. The number of nitrogens with zero attached hydrogens (tertiary/aromatic N) is 4. The number of hydrogen-bond donors (Lipinski definition) is 2. The zero-order valence-electron chi connectivity index (χ0n) is 26.2. The van der Waals surface area contributed by atoms with Gasteiger partial charge in [-0.25, -0.2) is 0 Å². The van der Waals surface area contributed by atoms with Crippen LogP contribution in [0, 0.1) is 29.4 Å². The predicted octanol–water partition coefficient (Wildman–Crippen LogP) is 6.58. The van der Waals surface area contributed by atoms with E-state index in [-0.39, 0.29) is 23.7 Å². The minimum absolute atomic E-state index is 0.0545. The smallest absolute Gasteiger partial charge is 0.273 e. The van der Waals surface area contributed by atoms with Gasteiger partial charge < -0.3 is 29.6 Å². The Morgan fingerprint density at radius 2 is 1.78 bits per heavy atom. The maximum atomic E-state index is 12.8. The molecule has 5 rings (SSSR count). The molecule has 2 atom stereocenters. The van der Waals surface area contributed by atoms with Crippen molar-refractivity contribution in [3.05, 3.63) is 99.6 Å². The number of nitro benzene ring substituents is 1. The van der Waals surface area contributed by atoms with E-state index in [0.717, 1.165) is 28.3 Å². The lowest BCUT2D eigenvalue weighted by molar-refractivity contribution is -0.384. The Morgan fingerprint density at radius 1 is 1.04 bits per heavy atom. The molecule has 45 heavy (non-hydrogen) atoms. The molecule has 0 spiro atoms. The average molecular weight is 629 g/mol. The van der Waals surface area contributed by atoms with Gasteiger partial charge in [0.25, 0.3) is 5.69 Å². The normalized spacial score (nSPS) is 16.3. The van der Waals surface area contributed by atoms with Gasteiger partial charge in [0, 0.05) is 40.8 Å². The molecule has 0 radical (unpaired) electrons. The maximum absolute atomic E-state index is 12.8. The number of nitro groups is 1. The van der Waals surface area contributed by atoms with Crippen molar-refractivity contribution in [3.63, 3.8) is 0 Å². The molecule has 11 nitrogen and oxygen atoms in total. The number of carbonyl (C=O) groups is 1. The lowest BCUT2D eigenvalue weighted by Gasteiger charge is -2.29. The largest absolute Gasteiger partial charge is 0.494 e. The highest BCUT2D eigenvalue weighted by Crippen LogP contribution is 2.45. The van der Waals surface area contributed by atoms with Crippen molar-refractivity contribution in [1.82, 2.24) is 14.9 Å². The van der Waals surface area contributed by atoms with Crippen LogP contribution >= 0.6 is 12.2 Å². The van der Waals surface area contributed by atoms with Crippen LogP contribution in [-0.2, 0) is 4.79 Å². The number of aryl methyl sites for hydroxylation is 1. The SMILES string of the molecule is COc1cc(N2C(=S)NC(c3ccccn3)C2c2cc(C)n(-c3ccc([N+](=O)[O-])cc3OC)c2C)ccc1NC(=O)C(C)(C)C. The summed E-state index contributed by atoms with van der Waals surface area (Å²) < 4.78 is 13.3. The van der Waals surface area contributed by atoms with Gasteiger partial charge in [0.1, 0.15) is 11.5 Å². The average Bonchev–Trinajstić information content (AvgIpc) is 3.51. The summed E-state index contributed by atoms with van der Waals surface area (Å²) in [7, 11) is 3.06. The fourth-order valence-electron chi connectivity index (χ4n) is 5.61. The van der Waals surface area contributed by atoms with Gasteiger partial charge in [0.2, 0.25) is 5.91 Å². The minimum Gasteiger partial charge on any atom is -0.494 e. The number of pyridine rings is 1. The van der Waals surface area contributed by atoms with Crippen LogP contribution in [0.2, 0.25) is 0 Å². The Balaban J connectivity index is 1.65. The van der Waals surface area contributed by atoms with Crippen molar-refractivity contribution in [2.45, 2.75) is 46.7 Å². The second-order valence-corrected chi connectivity index (χ2v) is 12.2. The molecule has 3 heterocycles. The molecule has 1 saturated heterocycles. The first-order valence-corrected chi connectivity index (χ1v) is 14.8. The molecule has 4 aromatic rings. The van der Waals surface area contributed by atoms with Gasteiger partial charge in [-0.1, -0.05) is 26.8 Å². The zero-order valence-corrected chi connectivity index (χ0v) is 27.1. The molecule has 2 aromatic carbocycles. The molecule has 2 unspecified atom stereocenters. The maximum Gasteiger partial charge on any atom is 0.273 e. The van der Waals surface area contributed by atoms with Gasteiger partial charge in [0.05, 0.1) is 54.4 Å². The number of benzene rings is 2. The van der Waals surface area contributed by atoms with E-state index in [0.29, 0.717) is 28.0 Å². The van der Waals surface area contributed by atoms with Crippen LogP contribution in [-0.4, -0.2) is 39.7 Å². The first-order valence-electron chi connectivity index (χ1n) is 14.4. The molecule has 12 heteroatoms. The molecule has 0 saturated carbocycles. The number of anilines is 2. The number of rotatable bonds is 8. The molecular formula is C33H36N6O5S. The Morgan fingerprint density at radius 3 is 2.40 bits per heavy atom. The van der Waals surface area contributed by atoms with Gasteiger partial charge >= 0.3 is 0 Å². The van der Waals surface area contributed by atoms with Crippen LogP contribution in [0.3, 0.4) is 0 Å². The zero-order chi connectivity index (χ0) is 32.6. The molecule has 0 aliphatic carbocycles. The molecule has 1 fully saturated rings. The van der Waals surface area contributed by atoms with E-state index in [1.54, 1.807) is 19.4 Å². The molecule has 2 aromatic heterocycles. The monoisotopic (exact) mass is 628 g/mol. The van der Waals surface area contributed by atoms with Gasteiger partial charge in [-0.2, -0.15) is 0 Å². The first-order chi connectivity index (χ1) is 21.3. The van der Waals surface area contributed by atoms with E-state index < -0.39 is 10.3 Å². The highest BCUT2D eigenvalue weighted by atomic mass is 32.1. The third-order valence-electron chi connectivity index (χ3n) is 7.89. The van der Waals surface area contributed by atoms with E-state index in [2.05, 4.69) is 21.7 Å². The summed E-state index contributed by atoms with van der Waals surface area (Å²) in [5, 5.41) is 18.4. The molecule has 1 amide bonds. The van der Waals surface area contributed by atoms with Crippen molar-refractivity contribution >= 4 is 40.3 Å². The number of methoxy groups -OCH3 is 2. The van der Waals surface area contributed by atoms with Gasteiger partial charge in [-0.05, 0) is 68.0 Å². The second-order valence-electron chi connectivity index (χ2n) is 11.9. The molecule has 234 valence electrons. The molecule has 0 bridgehead atoms. The fraction of sp³-hybridized carbons (Fsp3) is 0.303. The summed E-state index contributed by atoms with van der Waals surface area (Å²) in [6, 6.07) is 17.4. The number of aromatic nitrogens is 2. The lowest BCUT2D eigenvalue weighted by atomic mass is 9.95. The van der Waals surface area contributed by atoms with E-state index in [1.165, 1.54) is 19.2 Å². The summed E-state index contributed by atoms with van der Waals surface area (Å²) in [6.07, 6.45) is 1.75. The van der Waals surface area contributed by atoms with Crippen LogP contribution in [0.25, 0.3) is 5.69 Å². The fourth-order valence-corrected chi connectivity index (χ4v) is 5.96. The molecular weight excluding hydrogens is 592 g/mol. The van der Waals surface area contributed by atoms with Crippen LogP contribution in [0.15, 0.2) is 66.9 Å². The summed E-state index contributed by atoms with van der Waals surface area (Å²) in [4.78, 5) is 30.5. The molecule has 1 aliphatic heterocycles. The number of ether oxygens (including phenoxy) is 2. The Hall–Kier alpha value is -4.97. The van der Waals surface area contributed by atoms with E-state index in [1.807, 2.05) is 80.5 Å². The summed E-state index contributed by atoms with van der Waals surface area (Å²) in [6.45, 7) is 9.53. The Labute approximate surface area is 267 Å². The number of non-ortho nitro benzene ring substituents is 1. The third kappa shape index (κ3) is 5.93. The number of carbonyl (C=O) groups excluding carboxylic acids is 1. The van der Waals surface area contributed by atoms with Crippen LogP contribution in [0.4, 0.5) is 17.1 Å². The van der Waals surface area contributed by atoms with Crippen molar-refractivity contribution in [3.8, 4) is 17.2 Å². The lowest BCUT2D eigenvalue weighted by Crippen LogP contribution is -2.30. The van der Waals surface area contributed by atoms with Crippen LogP contribution in [0.1, 0.15) is 55.5 Å². The number of hydrogen-bond acceptors (Lipinski definition) is 7. The van der Waals surface area contributed by atoms with Crippen LogP contribution in [0.5, 0.6) is 11.5 Å². The topological polar surface area (TPSA) is 124 Å². The summed E-state index contributed by atoms with van der Waals surface area (Å²) >= 11 is 5.95. The highest BCUT2D eigenvalue weighted by molar-refractivity contribution is 7.80. The second kappa shape index (κ2) is 12.2. The van der Waals surface area contributed by atoms with Crippen molar-refractivity contribution in [2.24, 2.45) is 5.41 Å². The number of thiocarbonyl (C=S) groups is 1. The van der Waals surface area contributed by atoms with Gasteiger partial charge in [0.15, 0.2) is 5.11 Å². The number of amides is 1. The van der Waals surface area contributed by atoms with Gasteiger partial charge in [-0.3, -0.25) is 19.9 Å². The van der Waals surface area contributed by atoms with E-state index in [4.69, 9.17) is 21.7 Å². The van der Waals surface area contributed by atoms with E-state index >= 15 is 0 Å².